The molecule has 3 N–H and O–H groups in total. The number of aromatic nitrogens is 3. The molecule has 0 aliphatic rings. The lowest BCUT2D eigenvalue weighted by atomic mass is 10.0. The van der Waals surface area contributed by atoms with Gasteiger partial charge < -0.3 is 15.0 Å². The average Bonchev–Trinajstić information content (AvgIpc) is 3.41. The molecule has 4 aromatic carbocycles. The maximum absolute atomic E-state index is 3.81. The van der Waals surface area contributed by atoms with E-state index in [4.69, 9.17) is 0 Å². The molecule has 3 heterocycles. The van der Waals surface area contributed by atoms with Gasteiger partial charge >= 0.3 is 0 Å². The molecule has 7 aromatic rings. The van der Waals surface area contributed by atoms with Crippen LogP contribution in [0.15, 0.2) is 36.4 Å². The summed E-state index contributed by atoms with van der Waals surface area (Å²) in [5.41, 5.74) is 7.14. The minimum Gasteiger partial charge on any atom is -0.354 e. The van der Waals surface area contributed by atoms with Crippen LogP contribution < -0.4 is 0 Å². The first-order valence-corrected chi connectivity index (χ1v) is 16.3. The van der Waals surface area contributed by atoms with Crippen molar-refractivity contribution in [2.24, 2.45) is 0 Å². The quantitative estimate of drug-likeness (QED) is 0.127. The Labute approximate surface area is 269 Å². The van der Waals surface area contributed by atoms with Crippen LogP contribution in [0.4, 0.5) is 0 Å². The van der Waals surface area contributed by atoms with E-state index in [2.05, 4.69) is 187 Å². The Morgan fingerprint density at radius 1 is 0.364 bits per heavy atom. The van der Waals surface area contributed by atoms with Crippen molar-refractivity contribution in [2.75, 3.05) is 0 Å². The van der Waals surface area contributed by atoms with Gasteiger partial charge in [-0.1, -0.05) is 0 Å². The van der Waals surface area contributed by atoms with Crippen molar-refractivity contribution >= 4 is 201 Å². The first-order chi connectivity index (χ1) is 15.8. The van der Waals surface area contributed by atoms with Gasteiger partial charge in [-0.05, 0) is 172 Å². The highest BCUT2D eigenvalue weighted by atomic mass is 127. The van der Waals surface area contributed by atoms with Gasteiger partial charge in [0.25, 0.3) is 0 Å². The molecule has 0 fully saturated rings. The standard InChI is InChI=1S/C24H9I6N3/c25-10-1-7-16(4-13(10)28)31-22-19(7)23-21(8-2-11(26)14(29)5-17(8)32-23)24-20(22)9-3-12(27)15(30)6-18(9)33-24/h1-6,31-33H. The van der Waals surface area contributed by atoms with Crippen LogP contribution in [-0.4, -0.2) is 15.0 Å². The summed E-state index contributed by atoms with van der Waals surface area (Å²) in [4.78, 5) is 11.4. The molecule has 0 saturated heterocycles. The van der Waals surface area contributed by atoms with Crippen molar-refractivity contribution in [3.63, 3.8) is 0 Å². The fraction of sp³-hybridized carbons (Fsp3) is 0. The summed E-state index contributed by atoms with van der Waals surface area (Å²) in [5, 5.41) is 7.64. The Kier molecular flexibility index (Phi) is 5.59. The molecule has 9 heteroatoms. The zero-order valence-corrected chi connectivity index (χ0v) is 29.2. The van der Waals surface area contributed by atoms with Crippen LogP contribution in [0.25, 0.3) is 65.4 Å². The number of halogens is 6. The van der Waals surface area contributed by atoms with Crippen LogP contribution in [0.2, 0.25) is 0 Å². The third kappa shape index (κ3) is 3.29. The van der Waals surface area contributed by atoms with Crippen molar-refractivity contribution < 1.29 is 0 Å². The predicted molar refractivity (Wildman–Crippen MR) is 191 cm³/mol. The van der Waals surface area contributed by atoms with Crippen molar-refractivity contribution in [3.8, 4) is 0 Å². The summed E-state index contributed by atoms with van der Waals surface area (Å²) in [6, 6.07) is 13.8. The fourth-order valence-electron chi connectivity index (χ4n) is 4.91. The highest BCUT2D eigenvalue weighted by Gasteiger charge is 2.22. The molecule has 0 spiro atoms. The molecule has 7 rings (SSSR count). The maximum Gasteiger partial charge on any atom is 0.0588 e. The van der Waals surface area contributed by atoms with Gasteiger partial charge in [-0.25, -0.2) is 0 Å². The third-order valence-electron chi connectivity index (χ3n) is 6.27. The van der Waals surface area contributed by atoms with Crippen LogP contribution >= 0.6 is 136 Å². The Hall–Kier alpha value is 0.660. The number of fused-ring (bicyclic) bond motifs is 12. The lowest BCUT2D eigenvalue weighted by molar-refractivity contribution is 1.53. The second kappa shape index (κ2) is 8.08. The topological polar surface area (TPSA) is 47.4 Å². The number of nitrogens with one attached hydrogen (secondary N) is 3. The summed E-state index contributed by atoms with van der Waals surface area (Å²) >= 11 is 14.6. The van der Waals surface area contributed by atoms with Crippen molar-refractivity contribution in [1.29, 1.82) is 0 Å². The number of hydrogen-bond donors (Lipinski definition) is 3. The lowest BCUT2D eigenvalue weighted by Crippen LogP contribution is -1.80. The highest BCUT2D eigenvalue weighted by Crippen LogP contribution is 2.45. The normalized spacial score (nSPS) is 12.5. The molecule has 0 radical (unpaired) electrons. The highest BCUT2D eigenvalue weighted by molar-refractivity contribution is 14.1. The zero-order valence-electron chi connectivity index (χ0n) is 16.2. The van der Waals surface area contributed by atoms with Gasteiger partial charge in [0, 0.05) is 70.3 Å². The molecular weight excluding hydrogens is 1090 g/mol. The molecule has 0 atom stereocenters. The first-order valence-electron chi connectivity index (χ1n) is 9.85. The molecule has 0 bridgehead atoms. The average molecular weight is 1100 g/mol. The first kappa shape index (κ1) is 22.8. The summed E-state index contributed by atoms with van der Waals surface area (Å²) in [5.74, 6) is 0. The SMILES string of the molecule is Ic1cc2[nH]c3c(c2cc1I)c1[nH]c2cc(I)c(I)cc2c1c1[nH]c2cc(I)c(I)cc2c31. The van der Waals surface area contributed by atoms with E-state index >= 15 is 0 Å². The van der Waals surface area contributed by atoms with Crippen LogP contribution in [0, 0.1) is 21.4 Å². The van der Waals surface area contributed by atoms with Crippen molar-refractivity contribution in [3.05, 3.63) is 57.8 Å². The second-order valence-electron chi connectivity index (χ2n) is 8.06. The molecule has 3 nitrogen and oxygen atoms in total. The van der Waals surface area contributed by atoms with Gasteiger partial charge in [-0.3, -0.25) is 0 Å². The zero-order chi connectivity index (χ0) is 22.8. The van der Waals surface area contributed by atoms with E-state index in [0.717, 1.165) is 0 Å². The summed E-state index contributed by atoms with van der Waals surface area (Å²) in [7, 11) is 0. The Bertz CT molecular complexity index is 1730. The second-order valence-corrected chi connectivity index (χ2v) is 15.0. The molecule has 0 aliphatic carbocycles. The van der Waals surface area contributed by atoms with Gasteiger partial charge in [0.2, 0.25) is 0 Å². The van der Waals surface area contributed by atoms with E-state index in [9.17, 15) is 0 Å². The third-order valence-corrected chi connectivity index (χ3v) is 14.7. The number of aromatic amines is 3. The monoisotopic (exact) mass is 1100 g/mol. The fourth-order valence-corrected chi connectivity index (χ4v) is 7.71. The number of rotatable bonds is 0. The lowest BCUT2D eigenvalue weighted by Gasteiger charge is -2.02. The molecule has 0 aliphatic heterocycles. The Morgan fingerprint density at radius 2 is 0.606 bits per heavy atom. The van der Waals surface area contributed by atoms with Crippen LogP contribution in [0.1, 0.15) is 0 Å². The smallest absolute Gasteiger partial charge is 0.0588 e. The van der Waals surface area contributed by atoms with Gasteiger partial charge in [0.1, 0.15) is 0 Å². The van der Waals surface area contributed by atoms with Crippen LogP contribution in [-0.2, 0) is 0 Å². The van der Waals surface area contributed by atoms with E-state index in [0.29, 0.717) is 0 Å². The summed E-state index contributed by atoms with van der Waals surface area (Å²) in [6.45, 7) is 0. The summed E-state index contributed by atoms with van der Waals surface area (Å²) in [6.07, 6.45) is 0. The van der Waals surface area contributed by atoms with Crippen LogP contribution in [0.5, 0.6) is 0 Å². The molecule has 33 heavy (non-hydrogen) atoms. The number of hydrogen-bond acceptors (Lipinski definition) is 0. The van der Waals surface area contributed by atoms with E-state index < -0.39 is 0 Å². The van der Waals surface area contributed by atoms with Crippen molar-refractivity contribution in [2.45, 2.75) is 0 Å². The molecule has 0 unspecified atom stereocenters. The van der Waals surface area contributed by atoms with Gasteiger partial charge in [0.15, 0.2) is 0 Å². The Morgan fingerprint density at radius 3 is 0.879 bits per heavy atom. The minimum absolute atomic E-state index is 1.18. The predicted octanol–water partition coefficient (Wildman–Crippen LogP) is 10.2. The van der Waals surface area contributed by atoms with E-state index in [-0.39, 0.29) is 0 Å². The maximum atomic E-state index is 3.81. The molecule has 3 aromatic heterocycles. The van der Waals surface area contributed by atoms with E-state index in [1.165, 1.54) is 86.8 Å². The van der Waals surface area contributed by atoms with E-state index in [1.54, 1.807) is 0 Å². The largest absolute Gasteiger partial charge is 0.354 e. The van der Waals surface area contributed by atoms with Crippen LogP contribution in [0.3, 0.4) is 0 Å². The van der Waals surface area contributed by atoms with Crippen molar-refractivity contribution in [1.82, 2.24) is 15.0 Å². The summed E-state index contributed by atoms with van der Waals surface area (Å²) < 4.78 is 7.63. The van der Waals surface area contributed by atoms with E-state index in [1.807, 2.05) is 0 Å². The number of H-pyrrole nitrogens is 3. The van der Waals surface area contributed by atoms with Gasteiger partial charge in [0.05, 0.1) is 16.6 Å². The molecule has 162 valence electrons. The molecule has 0 saturated carbocycles. The number of benzene rings is 4. The van der Waals surface area contributed by atoms with Gasteiger partial charge in [-0.2, -0.15) is 0 Å². The molecule has 0 amide bonds. The Balaban J connectivity index is 1.87. The van der Waals surface area contributed by atoms with Gasteiger partial charge in [-0.15, -0.1) is 0 Å². The minimum atomic E-state index is 1.18. The molecular formula is C24H9I6N3.